The lowest BCUT2D eigenvalue weighted by Gasteiger charge is -2.30. The number of rotatable bonds is 6. The van der Waals surface area contributed by atoms with E-state index in [1.54, 1.807) is 42.6 Å². The predicted molar refractivity (Wildman–Crippen MR) is 128 cm³/mol. The van der Waals surface area contributed by atoms with Crippen LogP contribution in [0.15, 0.2) is 67.4 Å². The average molecular weight is 457 g/mol. The number of amides is 1. The van der Waals surface area contributed by atoms with Crippen LogP contribution in [0, 0.1) is 0 Å². The summed E-state index contributed by atoms with van der Waals surface area (Å²) in [5.74, 6) is 0.753. The van der Waals surface area contributed by atoms with Crippen molar-refractivity contribution in [3.8, 4) is 22.8 Å². The van der Waals surface area contributed by atoms with Gasteiger partial charge in [-0.1, -0.05) is 12.1 Å². The fraction of sp³-hybridized carbons (Fsp3) is 0.208. The fourth-order valence-corrected chi connectivity index (χ4v) is 3.80. The zero-order valence-corrected chi connectivity index (χ0v) is 18.7. The molecular weight excluding hydrogens is 432 g/mol. The first kappa shape index (κ1) is 21.5. The summed E-state index contributed by atoms with van der Waals surface area (Å²) in [6.07, 6.45) is 8.49. The molecule has 0 unspecified atom stereocenters. The van der Waals surface area contributed by atoms with Crippen molar-refractivity contribution in [2.24, 2.45) is 0 Å². The molecule has 34 heavy (non-hydrogen) atoms. The molecule has 1 aliphatic heterocycles. The number of hydrogen-bond donors (Lipinski definition) is 2. The molecule has 4 aromatic rings. The lowest BCUT2D eigenvalue weighted by molar-refractivity contribution is 0.102. The molecule has 3 aromatic heterocycles. The third-order valence-electron chi connectivity index (χ3n) is 5.59. The quantitative estimate of drug-likeness (QED) is 0.455. The second kappa shape index (κ2) is 9.67. The van der Waals surface area contributed by atoms with Crippen LogP contribution < -0.4 is 20.3 Å². The Bertz CT molecular complexity index is 1280. The van der Waals surface area contributed by atoms with Gasteiger partial charge >= 0.3 is 0 Å². The number of benzene rings is 1. The number of piperazine rings is 1. The largest absolute Gasteiger partial charge is 0.497 e. The zero-order valence-electron chi connectivity index (χ0n) is 18.7. The molecule has 0 bridgehead atoms. The highest BCUT2D eigenvalue weighted by atomic mass is 16.5. The van der Waals surface area contributed by atoms with Gasteiger partial charge < -0.3 is 20.3 Å². The highest BCUT2D eigenvalue weighted by molar-refractivity contribution is 6.04. The van der Waals surface area contributed by atoms with E-state index in [1.165, 1.54) is 0 Å². The van der Waals surface area contributed by atoms with E-state index in [-0.39, 0.29) is 11.6 Å². The number of nitrogens with one attached hydrogen (secondary N) is 2. The molecule has 0 aliphatic carbocycles. The number of hydrogen-bond acceptors (Lipinski definition) is 8. The van der Waals surface area contributed by atoms with Crippen LogP contribution in [0.25, 0.3) is 17.1 Å². The minimum Gasteiger partial charge on any atom is -0.497 e. The minimum atomic E-state index is -0.337. The van der Waals surface area contributed by atoms with E-state index < -0.39 is 0 Å². The molecule has 2 N–H and O–H groups in total. The first-order valence-corrected chi connectivity index (χ1v) is 10.9. The number of methoxy groups -OCH3 is 1. The topological polar surface area (TPSA) is 110 Å². The smallest absolute Gasteiger partial charge is 0.274 e. The van der Waals surface area contributed by atoms with Gasteiger partial charge in [0.1, 0.15) is 11.4 Å². The summed E-state index contributed by atoms with van der Waals surface area (Å²) in [5, 5.41) is 10.7. The van der Waals surface area contributed by atoms with Gasteiger partial charge in [0.25, 0.3) is 11.9 Å². The monoisotopic (exact) mass is 456 g/mol. The highest BCUT2D eigenvalue weighted by Gasteiger charge is 2.17. The van der Waals surface area contributed by atoms with Crippen molar-refractivity contribution in [1.29, 1.82) is 0 Å². The second-order valence-corrected chi connectivity index (χ2v) is 7.73. The number of nitrogens with zero attached hydrogens (tertiary/aromatic N) is 6. The minimum absolute atomic E-state index is 0.238. The van der Waals surface area contributed by atoms with Crippen molar-refractivity contribution in [2.45, 2.75) is 0 Å². The van der Waals surface area contributed by atoms with Gasteiger partial charge in [-0.15, -0.1) is 0 Å². The van der Waals surface area contributed by atoms with Gasteiger partial charge in [-0.2, -0.15) is 5.10 Å². The highest BCUT2D eigenvalue weighted by Crippen LogP contribution is 2.25. The van der Waals surface area contributed by atoms with E-state index in [9.17, 15) is 4.79 Å². The Balaban J connectivity index is 1.35. The molecule has 1 aromatic carbocycles. The van der Waals surface area contributed by atoms with Crippen molar-refractivity contribution in [1.82, 2.24) is 30.0 Å². The van der Waals surface area contributed by atoms with Crippen LogP contribution in [0.3, 0.4) is 0 Å². The Labute approximate surface area is 196 Å². The van der Waals surface area contributed by atoms with Gasteiger partial charge in [0.2, 0.25) is 0 Å². The summed E-state index contributed by atoms with van der Waals surface area (Å²) >= 11 is 0. The Morgan fingerprint density at radius 1 is 1.03 bits per heavy atom. The first-order valence-electron chi connectivity index (χ1n) is 10.9. The number of pyridine rings is 1. The number of ether oxygens (including phenoxy) is 1. The molecule has 0 saturated carbocycles. The summed E-state index contributed by atoms with van der Waals surface area (Å²) in [7, 11) is 1.63. The molecule has 172 valence electrons. The molecule has 4 heterocycles. The van der Waals surface area contributed by atoms with Crippen LogP contribution in [0.5, 0.6) is 5.75 Å². The van der Waals surface area contributed by atoms with Gasteiger partial charge in [0.15, 0.2) is 0 Å². The van der Waals surface area contributed by atoms with Crippen molar-refractivity contribution < 1.29 is 9.53 Å². The van der Waals surface area contributed by atoms with E-state index in [0.29, 0.717) is 11.6 Å². The van der Waals surface area contributed by atoms with Crippen molar-refractivity contribution in [3.63, 3.8) is 0 Å². The Morgan fingerprint density at radius 2 is 1.85 bits per heavy atom. The van der Waals surface area contributed by atoms with Gasteiger partial charge in [-0.05, 0) is 29.8 Å². The fourth-order valence-electron chi connectivity index (χ4n) is 3.80. The van der Waals surface area contributed by atoms with Crippen molar-refractivity contribution >= 4 is 17.3 Å². The van der Waals surface area contributed by atoms with E-state index >= 15 is 0 Å². The van der Waals surface area contributed by atoms with Crippen molar-refractivity contribution in [2.75, 3.05) is 43.5 Å². The summed E-state index contributed by atoms with van der Waals surface area (Å²) in [6.45, 7) is 3.52. The summed E-state index contributed by atoms with van der Waals surface area (Å²) < 4.78 is 6.76. The molecule has 5 rings (SSSR count). The lowest BCUT2D eigenvalue weighted by atomic mass is 10.1. The van der Waals surface area contributed by atoms with Crippen LogP contribution in [0.4, 0.5) is 11.4 Å². The lowest BCUT2D eigenvalue weighted by Crippen LogP contribution is -2.43. The maximum Gasteiger partial charge on any atom is 0.274 e. The van der Waals surface area contributed by atoms with Crippen LogP contribution in [0.2, 0.25) is 0 Å². The van der Waals surface area contributed by atoms with Crippen LogP contribution in [0.1, 0.15) is 10.5 Å². The van der Waals surface area contributed by atoms with Crippen LogP contribution in [-0.2, 0) is 0 Å². The SMILES string of the molecule is COc1ccc(-c2cnn(-c3nccc(C(=O)Nc4cnccc4N4CCNCC4)n3)c2)cc1. The Kier molecular flexibility index (Phi) is 6.13. The normalized spacial score (nSPS) is 13.5. The molecular formula is C24H24N8O2. The molecule has 1 fully saturated rings. The van der Waals surface area contributed by atoms with E-state index in [0.717, 1.165) is 48.7 Å². The Morgan fingerprint density at radius 3 is 2.65 bits per heavy atom. The standard InChI is InChI=1S/C24H24N8O2/c1-34-19-4-2-17(3-5-19)18-14-28-32(16-18)24-27-9-6-20(30-24)23(33)29-21-15-26-8-7-22(21)31-12-10-25-11-13-31/h2-9,14-16,25H,10-13H2,1H3,(H,29,33). The number of carbonyl (C=O) groups is 1. The Hall–Kier alpha value is -4.31. The van der Waals surface area contributed by atoms with E-state index in [2.05, 4.69) is 35.6 Å². The number of anilines is 2. The molecule has 1 aliphatic rings. The molecule has 1 saturated heterocycles. The van der Waals surface area contributed by atoms with Gasteiger partial charge in [0.05, 0.1) is 30.9 Å². The molecule has 10 heteroatoms. The van der Waals surface area contributed by atoms with Crippen LogP contribution in [-0.4, -0.2) is 63.9 Å². The average Bonchev–Trinajstić information content (AvgIpc) is 3.40. The van der Waals surface area contributed by atoms with E-state index in [4.69, 9.17) is 4.74 Å². The molecule has 10 nitrogen and oxygen atoms in total. The van der Waals surface area contributed by atoms with Gasteiger partial charge in [0, 0.05) is 50.3 Å². The molecule has 0 atom stereocenters. The third-order valence-corrected chi connectivity index (χ3v) is 5.59. The second-order valence-electron chi connectivity index (χ2n) is 7.73. The van der Waals surface area contributed by atoms with E-state index in [1.807, 2.05) is 36.5 Å². The number of aromatic nitrogens is 5. The molecule has 0 radical (unpaired) electrons. The molecule has 0 spiro atoms. The van der Waals surface area contributed by atoms with Crippen LogP contribution >= 0.6 is 0 Å². The predicted octanol–water partition coefficient (Wildman–Crippen LogP) is 2.39. The summed E-state index contributed by atoms with van der Waals surface area (Å²) in [6, 6.07) is 11.2. The molecule has 1 amide bonds. The maximum atomic E-state index is 13.0. The first-order chi connectivity index (χ1) is 16.7. The summed E-state index contributed by atoms with van der Waals surface area (Å²) in [5.41, 5.74) is 3.71. The summed E-state index contributed by atoms with van der Waals surface area (Å²) in [4.78, 5) is 28.1. The zero-order chi connectivity index (χ0) is 23.3. The maximum absolute atomic E-state index is 13.0. The van der Waals surface area contributed by atoms with Gasteiger partial charge in [-0.3, -0.25) is 9.78 Å². The van der Waals surface area contributed by atoms with Crippen molar-refractivity contribution in [3.05, 3.63) is 73.1 Å². The van der Waals surface area contributed by atoms with Gasteiger partial charge in [-0.25, -0.2) is 14.6 Å². The number of carbonyl (C=O) groups excluding carboxylic acids is 1. The third kappa shape index (κ3) is 4.57.